The molecule has 1 saturated heterocycles. The van der Waals surface area contributed by atoms with E-state index in [0.29, 0.717) is 11.6 Å². The Labute approximate surface area is 134 Å². The van der Waals surface area contributed by atoms with Gasteiger partial charge in [-0.15, -0.1) is 10.2 Å². The van der Waals surface area contributed by atoms with Gasteiger partial charge in [0.2, 0.25) is 5.13 Å². The lowest BCUT2D eigenvalue weighted by atomic mass is 10.1. The molecule has 1 aliphatic heterocycles. The van der Waals surface area contributed by atoms with Crippen LogP contribution in [0.1, 0.15) is 37.6 Å². The van der Waals surface area contributed by atoms with Crippen molar-refractivity contribution < 1.29 is 4.39 Å². The number of para-hydroxylation sites is 1. The first kappa shape index (κ1) is 15.2. The zero-order chi connectivity index (χ0) is 15.5. The number of nitrogens with one attached hydrogen (secondary N) is 1. The van der Waals surface area contributed by atoms with E-state index < -0.39 is 0 Å². The normalized spacial score (nSPS) is 18.7. The van der Waals surface area contributed by atoms with E-state index in [1.807, 2.05) is 12.1 Å². The van der Waals surface area contributed by atoms with Crippen molar-refractivity contribution >= 4 is 22.2 Å². The van der Waals surface area contributed by atoms with Crippen molar-refractivity contribution in [2.24, 2.45) is 0 Å². The molecule has 1 aromatic heterocycles. The summed E-state index contributed by atoms with van der Waals surface area (Å²) in [7, 11) is 0. The van der Waals surface area contributed by atoms with E-state index >= 15 is 0 Å². The largest absolute Gasteiger partial charge is 0.367 e. The predicted octanol–water partition coefficient (Wildman–Crippen LogP) is 3.88. The average molecular weight is 320 g/mol. The molecule has 6 heteroatoms. The number of piperidine rings is 1. The smallest absolute Gasteiger partial charge is 0.205 e. The van der Waals surface area contributed by atoms with Crippen LogP contribution in [-0.4, -0.2) is 29.3 Å². The Morgan fingerprint density at radius 2 is 2.14 bits per heavy atom. The van der Waals surface area contributed by atoms with Crippen molar-refractivity contribution in [2.75, 3.05) is 23.3 Å². The van der Waals surface area contributed by atoms with Crippen LogP contribution in [0, 0.1) is 5.82 Å². The fourth-order valence-corrected chi connectivity index (χ4v) is 3.55. The van der Waals surface area contributed by atoms with Gasteiger partial charge in [-0.2, -0.15) is 0 Å². The molecule has 0 aliphatic carbocycles. The van der Waals surface area contributed by atoms with Gasteiger partial charge in [-0.1, -0.05) is 37.3 Å². The maximum absolute atomic E-state index is 13.9. The molecule has 0 saturated carbocycles. The molecule has 2 heterocycles. The van der Waals surface area contributed by atoms with Crippen LogP contribution in [0.4, 0.5) is 15.2 Å². The monoisotopic (exact) mass is 320 g/mol. The summed E-state index contributed by atoms with van der Waals surface area (Å²) in [6.45, 7) is 5.92. The zero-order valence-corrected chi connectivity index (χ0v) is 13.7. The van der Waals surface area contributed by atoms with Gasteiger partial charge in [-0.05, 0) is 25.0 Å². The van der Waals surface area contributed by atoms with Crippen LogP contribution in [0.5, 0.6) is 0 Å². The fraction of sp³-hybridized carbons (Fsp3) is 0.500. The third kappa shape index (κ3) is 3.38. The van der Waals surface area contributed by atoms with Gasteiger partial charge in [-0.3, -0.25) is 0 Å². The highest BCUT2D eigenvalue weighted by Crippen LogP contribution is 2.27. The number of anilines is 2. The summed E-state index contributed by atoms with van der Waals surface area (Å²) < 4.78 is 13.9. The van der Waals surface area contributed by atoms with Crippen molar-refractivity contribution in [3.05, 3.63) is 35.1 Å². The minimum Gasteiger partial charge on any atom is -0.367 e. The summed E-state index contributed by atoms with van der Waals surface area (Å²) in [5.74, 6) is 0.246. The summed E-state index contributed by atoms with van der Waals surface area (Å²) in [5.41, 5.74) is 0.689. The molecule has 0 amide bonds. The Balaban J connectivity index is 1.66. The van der Waals surface area contributed by atoms with Crippen molar-refractivity contribution in [1.82, 2.24) is 10.2 Å². The Hall–Kier alpha value is -1.69. The van der Waals surface area contributed by atoms with Crippen LogP contribution in [0.2, 0.25) is 0 Å². The second-order valence-corrected chi connectivity index (χ2v) is 6.99. The molecule has 118 valence electrons. The minimum atomic E-state index is -0.152. The highest BCUT2D eigenvalue weighted by atomic mass is 32.1. The summed E-state index contributed by atoms with van der Waals surface area (Å²) in [5, 5.41) is 13.8. The summed E-state index contributed by atoms with van der Waals surface area (Å²) in [6.07, 6.45) is 2.11. The van der Waals surface area contributed by atoms with Crippen LogP contribution in [0.15, 0.2) is 24.3 Å². The third-order valence-corrected chi connectivity index (χ3v) is 5.03. The van der Waals surface area contributed by atoms with Crippen LogP contribution in [0.25, 0.3) is 0 Å². The van der Waals surface area contributed by atoms with Gasteiger partial charge in [0.05, 0.1) is 5.69 Å². The van der Waals surface area contributed by atoms with E-state index in [-0.39, 0.29) is 11.9 Å². The number of hydrogen-bond acceptors (Lipinski definition) is 5. The van der Waals surface area contributed by atoms with Gasteiger partial charge < -0.3 is 10.2 Å². The molecule has 22 heavy (non-hydrogen) atoms. The SMILES string of the molecule is CC(C)c1nnc(NC2CCCN(c3ccccc3F)C2)s1. The van der Waals surface area contributed by atoms with E-state index in [4.69, 9.17) is 0 Å². The molecule has 0 bridgehead atoms. The van der Waals surface area contributed by atoms with E-state index in [1.54, 1.807) is 17.4 Å². The zero-order valence-electron chi connectivity index (χ0n) is 12.9. The van der Waals surface area contributed by atoms with Crippen LogP contribution < -0.4 is 10.2 Å². The lowest BCUT2D eigenvalue weighted by Gasteiger charge is -2.34. The van der Waals surface area contributed by atoms with Gasteiger partial charge >= 0.3 is 0 Å². The highest BCUT2D eigenvalue weighted by Gasteiger charge is 2.22. The average Bonchev–Trinajstić information content (AvgIpc) is 2.97. The van der Waals surface area contributed by atoms with Crippen LogP contribution in [-0.2, 0) is 0 Å². The third-order valence-electron chi connectivity index (χ3n) is 3.88. The number of halogens is 1. The van der Waals surface area contributed by atoms with Crippen molar-refractivity contribution in [1.29, 1.82) is 0 Å². The Kier molecular flexibility index (Phi) is 4.57. The van der Waals surface area contributed by atoms with Crippen LogP contribution >= 0.6 is 11.3 Å². The molecular weight excluding hydrogens is 299 g/mol. The van der Waals surface area contributed by atoms with Crippen molar-refractivity contribution in [2.45, 2.75) is 38.6 Å². The first-order valence-corrected chi connectivity index (χ1v) is 8.54. The molecule has 2 aromatic rings. The topological polar surface area (TPSA) is 41.1 Å². The van der Waals surface area contributed by atoms with E-state index in [2.05, 4.69) is 34.3 Å². The second-order valence-electron chi connectivity index (χ2n) is 5.98. The van der Waals surface area contributed by atoms with E-state index in [0.717, 1.165) is 36.1 Å². The number of nitrogens with zero attached hydrogens (tertiary/aromatic N) is 3. The molecular formula is C16H21FN4S. The van der Waals surface area contributed by atoms with Crippen molar-refractivity contribution in [3.63, 3.8) is 0 Å². The summed E-state index contributed by atoms with van der Waals surface area (Å²) in [4.78, 5) is 2.11. The first-order chi connectivity index (χ1) is 10.6. The number of benzene rings is 1. The lowest BCUT2D eigenvalue weighted by Crippen LogP contribution is -2.42. The van der Waals surface area contributed by atoms with E-state index in [1.165, 1.54) is 6.07 Å². The van der Waals surface area contributed by atoms with Gasteiger partial charge in [0.25, 0.3) is 0 Å². The molecule has 1 fully saturated rings. The molecule has 1 unspecified atom stereocenters. The molecule has 3 rings (SSSR count). The number of aromatic nitrogens is 2. The molecule has 0 radical (unpaired) electrons. The highest BCUT2D eigenvalue weighted by molar-refractivity contribution is 7.15. The van der Waals surface area contributed by atoms with Gasteiger partial charge in [0.15, 0.2) is 0 Å². The fourth-order valence-electron chi connectivity index (χ4n) is 2.72. The molecule has 1 N–H and O–H groups in total. The van der Waals surface area contributed by atoms with Gasteiger partial charge in [0.1, 0.15) is 10.8 Å². The van der Waals surface area contributed by atoms with Gasteiger partial charge in [0, 0.05) is 25.0 Å². The quantitative estimate of drug-likeness (QED) is 0.928. The molecule has 0 spiro atoms. The Morgan fingerprint density at radius 3 is 2.86 bits per heavy atom. The Morgan fingerprint density at radius 1 is 1.32 bits per heavy atom. The maximum atomic E-state index is 13.9. The second kappa shape index (κ2) is 6.60. The summed E-state index contributed by atoms with van der Waals surface area (Å²) in [6, 6.07) is 7.26. The molecule has 4 nitrogen and oxygen atoms in total. The van der Waals surface area contributed by atoms with E-state index in [9.17, 15) is 4.39 Å². The molecule has 1 aromatic carbocycles. The van der Waals surface area contributed by atoms with Crippen LogP contribution in [0.3, 0.4) is 0 Å². The minimum absolute atomic E-state index is 0.152. The summed E-state index contributed by atoms with van der Waals surface area (Å²) >= 11 is 1.61. The molecule has 1 aliphatic rings. The number of rotatable bonds is 4. The Bertz CT molecular complexity index is 628. The maximum Gasteiger partial charge on any atom is 0.205 e. The first-order valence-electron chi connectivity index (χ1n) is 7.73. The molecule has 1 atom stereocenters. The predicted molar refractivity (Wildman–Crippen MR) is 89.3 cm³/mol. The number of hydrogen-bond donors (Lipinski definition) is 1. The standard InChI is InChI=1S/C16H21FN4S/c1-11(2)15-19-20-16(22-15)18-12-6-5-9-21(10-12)14-8-4-3-7-13(14)17/h3-4,7-8,11-12H,5-6,9-10H2,1-2H3,(H,18,20). The lowest BCUT2D eigenvalue weighted by molar-refractivity contribution is 0.518. The van der Waals surface area contributed by atoms with Gasteiger partial charge in [-0.25, -0.2) is 4.39 Å². The van der Waals surface area contributed by atoms with Crippen molar-refractivity contribution in [3.8, 4) is 0 Å².